The van der Waals surface area contributed by atoms with E-state index in [1.54, 1.807) is 0 Å². The van der Waals surface area contributed by atoms with Gasteiger partial charge >= 0.3 is 0 Å². The van der Waals surface area contributed by atoms with Crippen molar-refractivity contribution in [3.63, 3.8) is 0 Å². The maximum Gasteiger partial charge on any atom is 0.155 e. The lowest BCUT2D eigenvalue weighted by atomic mass is 10.2. The fourth-order valence-corrected chi connectivity index (χ4v) is 2.41. The van der Waals surface area contributed by atoms with Crippen LogP contribution in [0.3, 0.4) is 0 Å². The lowest BCUT2D eigenvalue weighted by Gasteiger charge is -2.10. The van der Waals surface area contributed by atoms with Crippen molar-refractivity contribution in [1.29, 1.82) is 0 Å². The van der Waals surface area contributed by atoms with Gasteiger partial charge in [0.15, 0.2) is 9.84 Å². The molecule has 4 nitrogen and oxygen atoms in total. The van der Waals surface area contributed by atoms with Gasteiger partial charge in [0.1, 0.15) is 0 Å². The van der Waals surface area contributed by atoms with Crippen LogP contribution in [0.2, 0.25) is 0 Å². The maximum absolute atomic E-state index is 10.8. The second kappa shape index (κ2) is 2.57. The van der Waals surface area contributed by atoms with Crippen LogP contribution in [0.25, 0.3) is 0 Å². The van der Waals surface area contributed by atoms with Crippen molar-refractivity contribution in [3.05, 3.63) is 0 Å². The number of sulfone groups is 1. The molecule has 1 aliphatic rings. The third-order valence-electron chi connectivity index (χ3n) is 1.45. The summed E-state index contributed by atoms with van der Waals surface area (Å²) in [4.78, 5) is 0. The topological polar surface area (TPSA) is 66.7 Å². The Morgan fingerprint density at radius 2 is 2.20 bits per heavy atom. The summed E-state index contributed by atoms with van der Waals surface area (Å²) in [5.41, 5.74) is 0.381. The Kier molecular flexibility index (Phi) is 1.94. The molecule has 1 rings (SSSR count). The van der Waals surface area contributed by atoms with Crippen LogP contribution in [0.5, 0.6) is 0 Å². The molecule has 58 valence electrons. The minimum Gasteiger partial charge on any atom is -0.411 e. The van der Waals surface area contributed by atoms with Crippen molar-refractivity contribution >= 4 is 15.5 Å². The van der Waals surface area contributed by atoms with Crippen LogP contribution in [-0.2, 0) is 9.84 Å². The number of rotatable bonds is 0. The molecular formula is C5H9NO3S. The van der Waals surface area contributed by atoms with Gasteiger partial charge in [-0.1, -0.05) is 5.16 Å². The fraction of sp³-hybridized carbons (Fsp3) is 0.800. The molecule has 1 fully saturated rings. The quantitative estimate of drug-likeness (QED) is 0.404. The first-order chi connectivity index (χ1) is 4.64. The lowest BCUT2D eigenvalue weighted by molar-refractivity contribution is 0.317. The van der Waals surface area contributed by atoms with Crippen molar-refractivity contribution in [2.45, 2.75) is 12.8 Å². The number of nitrogens with zero attached hydrogens (tertiary/aromatic N) is 1. The van der Waals surface area contributed by atoms with Crippen LogP contribution >= 0.6 is 0 Å². The number of hydrogen-bond donors (Lipinski definition) is 1. The lowest BCUT2D eigenvalue weighted by Crippen LogP contribution is -2.24. The molecule has 1 saturated heterocycles. The SMILES string of the molecule is O=S1(=O)CCCC(=NO)C1. The van der Waals surface area contributed by atoms with Crippen molar-refractivity contribution in [1.82, 2.24) is 0 Å². The molecule has 10 heavy (non-hydrogen) atoms. The van der Waals surface area contributed by atoms with E-state index in [4.69, 9.17) is 5.21 Å². The molecule has 0 aromatic carbocycles. The standard InChI is InChI=1S/C5H9NO3S/c7-6-5-2-1-3-10(8,9)4-5/h7H,1-4H2. The van der Waals surface area contributed by atoms with E-state index in [1.807, 2.05) is 0 Å². The Bertz CT molecular complexity index is 242. The zero-order valence-corrected chi connectivity index (χ0v) is 6.26. The molecule has 0 radical (unpaired) electrons. The first-order valence-electron chi connectivity index (χ1n) is 3.04. The predicted molar refractivity (Wildman–Crippen MR) is 37.1 cm³/mol. The minimum absolute atomic E-state index is 0.0660. The second-order valence-corrected chi connectivity index (χ2v) is 4.55. The minimum atomic E-state index is -2.93. The zero-order chi connectivity index (χ0) is 7.61. The van der Waals surface area contributed by atoms with Crippen molar-refractivity contribution in [3.8, 4) is 0 Å². The summed E-state index contributed by atoms with van der Waals surface area (Å²) in [6.07, 6.45) is 1.19. The molecule has 0 saturated carbocycles. The Morgan fingerprint density at radius 1 is 1.50 bits per heavy atom. The molecule has 5 heteroatoms. The largest absolute Gasteiger partial charge is 0.411 e. The summed E-state index contributed by atoms with van der Waals surface area (Å²) in [6.45, 7) is 0. The van der Waals surface area contributed by atoms with Gasteiger partial charge in [-0.3, -0.25) is 0 Å². The van der Waals surface area contributed by atoms with Crippen LogP contribution in [0.4, 0.5) is 0 Å². The predicted octanol–water partition coefficient (Wildman–Crippen LogP) is 0.0252. The summed E-state index contributed by atoms with van der Waals surface area (Å²) in [5, 5.41) is 11.1. The molecule has 0 bridgehead atoms. The second-order valence-electron chi connectivity index (χ2n) is 2.36. The van der Waals surface area contributed by atoms with Gasteiger partial charge in [0, 0.05) is 0 Å². The van der Waals surface area contributed by atoms with Crippen LogP contribution < -0.4 is 0 Å². The first-order valence-corrected chi connectivity index (χ1v) is 4.86. The number of oxime groups is 1. The molecule has 1 heterocycles. The van der Waals surface area contributed by atoms with Gasteiger partial charge in [0.25, 0.3) is 0 Å². The highest BCUT2D eigenvalue weighted by Gasteiger charge is 2.20. The Labute approximate surface area is 59.5 Å². The highest BCUT2D eigenvalue weighted by Crippen LogP contribution is 2.08. The molecule has 0 atom stereocenters. The van der Waals surface area contributed by atoms with Crippen molar-refractivity contribution in [2.75, 3.05) is 11.5 Å². The van der Waals surface area contributed by atoms with Gasteiger partial charge in [0.05, 0.1) is 17.2 Å². The van der Waals surface area contributed by atoms with Gasteiger partial charge in [-0.25, -0.2) is 8.42 Å². The van der Waals surface area contributed by atoms with E-state index in [9.17, 15) is 8.42 Å². The Hall–Kier alpha value is -0.580. The summed E-state index contributed by atoms with van der Waals surface area (Å²) in [6, 6.07) is 0. The molecule has 0 aromatic rings. The van der Waals surface area contributed by atoms with Gasteiger partial charge in [-0.2, -0.15) is 0 Å². The van der Waals surface area contributed by atoms with E-state index in [-0.39, 0.29) is 11.5 Å². The van der Waals surface area contributed by atoms with E-state index >= 15 is 0 Å². The van der Waals surface area contributed by atoms with Gasteiger partial charge in [-0.05, 0) is 12.8 Å². The smallest absolute Gasteiger partial charge is 0.155 e. The molecule has 0 amide bonds. The molecular weight excluding hydrogens is 154 g/mol. The summed E-state index contributed by atoms with van der Waals surface area (Å²) >= 11 is 0. The Morgan fingerprint density at radius 3 is 2.60 bits per heavy atom. The van der Waals surface area contributed by atoms with Crippen LogP contribution in [-0.4, -0.2) is 30.8 Å². The molecule has 1 aliphatic heterocycles. The third-order valence-corrected chi connectivity index (χ3v) is 3.13. The normalized spacial score (nSPS) is 28.6. The molecule has 0 aliphatic carbocycles. The Balaban J connectivity index is 2.75. The number of hydrogen-bond acceptors (Lipinski definition) is 4. The van der Waals surface area contributed by atoms with Gasteiger partial charge in [-0.15, -0.1) is 0 Å². The van der Waals surface area contributed by atoms with E-state index in [0.29, 0.717) is 18.6 Å². The average molecular weight is 163 g/mol. The summed E-state index contributed by atoms with van der Waals surface area (Å²) < 4.78 is 21.7. The van der Waals surface area contributed by atoms with E-state index in [0.717, 1.165) is 0 Å². The molecule has 0 unspecified atom stereocenters. The van der Waals surface area contributed by atoms with Gasteiger partial charge in [0.2, 0.25) is 0 Å². The van der Waals surface area contributed by atoms with Crippen LogP contribution in [0, 0.1) is 0 Å². The van der Waals surface area contributed by atoms with E-state index < -0.39 is 9.84 Å². The summed E-state index contributed by atoms with van der Waals surface area (Å²) in [5.74, 6) is 0.162. The zero-order valence-electron chi connectivity index (χ0n) is 5.45. The van der Waals surface area contributed by atoms with Crippen LogP contribution in [0.1, 0.15) is 12.8 Å². The van der Waals surface area contributed by atoms with E-state index in [2.05, 4.69) is 5.16 Å². The first kappa shape index (κ1) is 7.53. The van der Waals surface area contributed by atoms with E-state index in [1.165, 1.54) is 0 Å². The van der Waals surface area contributed by atoms with Gasteiger partial charge < -0.3 is 5.21 Å². The summed E-state index contributed by atoms with van der Waals surface area (Å²) in [7, 11) is -2.93. The molecule has 0 aromatic heterocycles. The fourth-order valence-electron chi connectivity index (χ4n) is 0.973. The molecule has 0 spiro atoms. The third kappa shape index (κ3) is 1.70. The molecule has 1 N–H and O–H groups in total. The average Bonchev–Trinajstić information content (AvgIpc) is 1.86. The monoisotopic (exact) mass is 163 g/mol. The van der Waals surface area contributed by atoms with Crippen molar-refractivity contribution < 1.29 is 13.6 Å². The van der Waals surface area contributed by atoms with Crippen LogP contribution in [0.15, 0.2) is 5.16 Å². The highest BCUT2D eigenvalue weighted by molar-refractivity contribution is 7.92. The van der Waals surface area contributed by atoms with Crippen molar-refractivity contribution in [2.24, 2.45) is 5.16 Å². The highest BCUT2D eigenvalue weighted by atomic mass is 32.2. The maximum atomic E-state index is 10.8.